The van der Waals surface area contributed by atoms with Gasteiger partial charge in [-0.15, -0.1) is 22.7 Å². The molecule has 218 valence electrons. The number of para-hydroxylation sites is 2. The molecular weight excluding hydrogens is 591 g/mol. The molecule has 2 aliphatic rings. The number of sulfone groups is 1. The highest BCUT2D eigenvalue weighted by atomic mass is 32.2. The second-order valence-corrected chi connectivity index (χ2v) is 14.5. The molecule has 0 spiro atoms. The molecule has 0 fully saturated rings. The van der Waals surface area contributed by atoms with E-state index in [0.29, 0.717) is 23.9 Å². The number of nitrogens with zero attached hydrogens (tertiary/aromatic N) is 1. The van der Waals surface area contributed by atoms with Gasteiger partial charge in [0, 0.05) is 16.0 Å². The Labute approximate surface area is 252 Å². The number of hydrogen-bond acceptors (Lipinski definition) is 9. The highest BCUT2D eigenvalue weighted by Gasteiger charge is 2.47. The SMILES string of the molecule is CCC[C@H](NC(=O)C(C)(NC(c1cccs1)c1cccs1)S(C)(=O)=O)C(=O)c1nc2ccccc2o1.c1cc2cc-2c1. The summed E-state index contributed by atoms with van der Waals surface area (Å²) in [6.45, 7) is 3.20. The molecule has 11 heteroatoms. The summed E-state index contributed by atoms with van der Waals surface area (Å²) in [5.74, 6) is -1.45. The fraction of sp³-hybridized carbons (Fsp3) is 0.258. The highest BCUT2D eigenvalue weighted by Crippen LogP contribution is 2.33. The van der Waals surface area contributed by atoms with Crippen LogP contribution in [0.4, 0.5) is 0 Å². The molecule has 2 atom stereocenters. The number of benzene rings is 2. The van der Waals surface area contributed by atoms with E-state index in [-0.39, 0.29) is 5.89 Å². The second-order valence-electron chi connectivity index (χ2n) is 10.2. The minimum absolute atomic E-state index is 0.126. The summed E-state index contributed by atoms with van der Waals surface area (Å²) in [6, 6.07) is 21.5. The number of hydrogen-bond donors (Lipinski definition) is 2. The lowest BCUT2D eigenvalue weighted by atomic mass is 10.1. The number of thiophene rings is 2. The van der Waals surface area contributed by atoms with E-state index in [9.17, 15) is 18.0 Å². The highest BCUT2D eigenvalue weighted by molar-refractivity contribution is 7.92. The molecule has 2 aliphatic carbocycles. The summed E-state index contributed by atoms with van der Waals surface area (Å²) in [4.78, 5) is 30.9. The van der Waals surface area contributed by atoms with Crippen LogP contribution in [0.5, 0.6) is 0 Å². The van der Waals surface area contributed by atoms with Gasteiger partial charge < -0.3 is 9.73 Å². The first kappa shape index (κ1) is 29.8. The number of carbonyl (C=O) groups is 2. The molecule has 0 radical (unpaired) electrons. The Hall–Kier alpha value is -3.64. The number of ketones is 1. The van der Waals surface area contributed by atoms with Crippen LogP contribution in [0.3, 0.4) is 0 Å². The summed E-state index contributed by atoms with van der Waals surface area (Å²) in [5.41, 5.74) is 3.84. The molecule has 0 saturated carbocycles. The van der Waals surface area contributed by atoms with Crippen LogP contribution in [0.2, 0.25) is 0 Å². The van der Waals surface area contributed by atoms with Crippen LogP contribution in [0.25, 0.3) is 22.2 Å². The summed E-state index contributed by atoms with van der Waals surface area (Å²) in [5, 5.41) is 9.56. The quantitative estimate of drug-likeness (QED) is 0.165. The van der Waals surface area contributed by atoms with Crippen molar-refractivity contribution in [1.29, 1.82) is 0 Å². The van der Waals surface area contributed by atoms with Gasteiger partial charge in [0.25, 0.3) is 11.8 Å². The standard InChI is InChI=1S/C25H27N3O5S3.C6H4/c1-4-9-17(22(29)23-26-16-10-5-6-11-18(16)33-23)27-24(30)25(2,36(3,31)32)28-21(19-12-7-14-34-19)20-13-8-15-35-20;1-2-5-4-6(5)3-1/h5-8,10-15,17,21,28H,4,9H2,1-3H3,(H,27,30);1-4H/t17-,25?;/m0./s1. The minimum Gasteiger partial charge on any atom is -0.434 e. The zero-order chi connectivity index (χ0) is 29.9. The van der Waals surface area contributed by atoms with Crippen LogP contribution < -0.4 is 10.6 Å². The van der Waals surface area contributed by atoms with Crippen molar-refractivity contribution >= 4 is 55.3 Å². The average molecular weight is 622 g/mol. The number of amides is 1. The van der Waals surface area contributed by atoms with E-state index >= 15 is 0 Å². The largest absolute Gasteiger partial charge is 0.434 e. The molecule has 4 aromatic rings. The van der Waals surface area contributed by atoms with E-state index in [2.05, 4.69) is 39.9 Å². The Morgan fingerprint density at radius 2 is 1.60 bits per heavy atom. The molecule has 0 saturated heterocycles. The van der Waals surface area contributed by atoms with Crippen molar-refractivity contribution in [2.45, 2.75) is 43.6 Å². The number of carbonyl (C=O) groups excluding carboxylic acids is 2. The van der Waals surface area contributed by atoms with E-state index in [4.69, 9.17) is 4.42 Å². The monoisotopic (exact) mass is 621 g/mol. The average Bonchev–Trinajstić information content (AvgIpc) is 3.59. The fourth-order valence-electron chi connectivity index (χ4n) is 4.47. The van der Waals surface area contributed by atoms with Crippen LogP contribution in [0.15, 0.2) is 88.0 Å². The number of nitrogens with one attached hydrogen (secondary N) is 2. The molecule has 2 N–H and O–H groups in total. The Bertz CT molecular complexity index is 1710. The maximum atomic E-state index is 13.6. The van der Waals surface area contributed by atoms with Gasteiger partial charge in [0.15, 0.2) is 20.3 Å². The van der Waals surface area contributed by atoms with Crippen LogP contribution >= 0.6 is 22.7 Å². The summed E-state index contributed by atoms with van der Waals surface area (Å²) in [7, 11) is -3.98. The van der Waals surface area contributed by atoms with Gasteiger partial charge in [-0.3, -0.25) is 14.9 Å². The molecule has 42 heavy (non-hydrogen) atoms. The predicted molar refractivity (Wildman–Crippen MR) is 167 cm³/mol. The molecular formula is C31H31N3O5S3. The van der Waals surface area contributed by atoms with E-state index in [0.717, 1.165) is 16.0 Å². The van der Waals surface area contributed by atoms with Crippen LogP contribution in [0, 0.1) is 0 Å². The van der Waals surface area contributed by atoms with Gasteiger partial charge in [0.1, 0.15) is 5.52 Å². The van der Waals surface area contributed by atoms with E-state index < -0.39 is 38.5 Å². The zero-order valence-electron chi connectivity index (χ0n) is 23.4. The molecule has 1 aromatic carbocycles. The lowest BCUT2D eigenvalue weighted by Crippen LogP contribution is -2.62. The summed E-state index contributed by atoms with van der Waals surface area (Å²) in [6.07, 6.45) is 1.88. The first-order chi connectivity index (χ1) is 20.1. The Kier molecular flexibility index (Phi) is 8.74. The lowest BCUT2D eigenvalue weighted by Gasteiger charge is -2.33. The van der Waals surface area contributed by atoms with Gasteiger partial charge in [-0.25, -0.2) is 13.4 Å². The fourth-order valence-corrected chi connectivity index (χ4v) is 6.85. The molecule has 0 aliphatic heterocycles. The van der Waals surface area contributed by atoms with E-state index in [1.807, 2.05) is 41.9 Å². The number of Topliss-reactive ketones (excluding diaryl/α,β-unsaturated/α-hetero) is 1. The summed E-state index contributed by atoms with van der Waals surface area (Å²) >= 11 is 2.92. The van der Waals surface area contributed by atoms with Crippen LogP contribution in [0.1, 0.15) is 53.2 Å². The van der Waals surface area contributed by atoms with Gasteiger partial charge in [-0.1, -0.05) is 55.8 Å². The third-order valence-corrected chi connectivity index (χ3v) is 10.7. The molecule has 1 amide bonds. The first-order valence-corrected chi connectivity index (χ1v) is 17.1. The van der Waals surface area contributed by atoms with Crippen molar-refractivity contribution in [2.75, 3.05) is 6.26 Å². The normalized spacial score (nSPS) is 14.1. The maximum absolute atomic E-state index is 13.6. The number of oxazole rings is 1. The van der Waals surface area contributed by atoms with Crippen molar-refractivity contribution in [3.8, 4) is 11.1 Å². The molecule has 3 heterocycles. The Balaban J connectivity index is 0.000000513. The smallest absolute Gasteiger partial charge is 0.266 e. The first-order valence-electron chi connectivity index (χ1n) is 13.5. The van der Waals surface area contributed by atoms with Crippen molar-refractivity contribution in [1.82, 2.24) is 15.6 Å². The molecule has 8 nitrogen and oxygen atoms in total. The van der Waals surface area contributed by atoms with E-state index in [1.165, 1.54) is 40.7 Å². The van der Waals surface area contributed by atoms with Crippen molar-refractivity contribution in [3.63, 3.8) is 0 Å². The van der Waals surface area contributed by atoms with Gasteiger partial charge in [0.2, 0.25) is 5.78 Å². The van der Waals surface area contributed by atoms with Gasteiger partial charge in [0.05, 0.1) is 12.1 Å². The van der Waals surface area contributed by atoms with Crippen molar-refractivity contribution in [2.24, 2.45) is 0 Å². The number of aromatic nitrogens is 1. The lowest BCUT2D eigenvalue weighted by molar-refractivity contribution is -0.124. The van der Waals surface area contributed by atoms with Crippen molar-refractivity contribution < 1.29 is 22.4 Å². The zero-order valence-corrected chi connectivity index (χ0v) is 25.8. The number of rotatable bonds is 11. The van der Waals surface area contributed by atoms with Gasteiger partial charge in [-0.05, 0) is 65.6 Å². The molecule has 0 bridgehead atoms. The van der Waals surface area contributed by atoms with Gasteiger partial charge in [-0.2, -0.15) is 0 Å². The summed E-state index contributed by atoms with van der Waals surface area (Å²) < 4.78 is 31.7. The Morgan fingerprint density at radius 3 is 2.07 bits per heavy atom. The minimum atomic E-state index is -3.98. The third kappa shape index (κ3) is 6.39. The molecule has 1 unspecified atom stereocenters. The maximum Gasteiger partial charge on any atom is 0.266 e. The topological polar surface area (TPSA) is 118 Å². The van der Waals surface area contributed by atoms with E-state index in [1.54, 1.807) is 24.3 Å². The number of fused-ring (bicyclic) bond motifs is 2. The van der Waals surface area contributed by atoms with Crippen molar-refractivity contribution in [3.05, 3.63) is 99.2 Å². The third-order valence-electron chi connectivity index (χ3n) is 7.07. The van der Waals surface area contributed by atoms with Crippen LogP contribution in [-0.2, 0) is 14.6 Å². The molecule has 3 aromatic heterocycles. The van der Waals surface area contributed by atoms with Gasteiger partial charge >= 0.3 is 0 Å². The van der Waals surface area contributed by atoms with Crippen LogP contribution in [-0.4, -0.2) is 42.3 Å². The second kappa shape index (κ2) is 12.3. The predicted octanol–water partition coefficient (Wildman–Crippen LogP) is 6.23. The molecule has 6 rings (SSSR count). The Morgan fingerprint density at radius 1 is 0.952 bits per heavy atom.